The maximum absolute atomic E-state index is 12.1. The Kier molecular flexibility index (Phi) is 4.78. The van der Waals surface area contributed by atoms with Gasteiger partial charge in [-0.3, -0.25) is 9.48 Å². The minimum Gasteiger partial charge on any atom is -0.460 e. The van der Waals surface area contributed by atoms with Gasteiger partial charge in [0.05, 0.1) is 6.04 Å². The molecule has 22 heavy (non-hydrogen) atoms. The van der Waals surface area contributed by atoms with Crippen LogP contribution in [-0.2, 0) is 16.0 Å². The van der Waals surface area contributed by atoms with Gasteiger partial charge in [-0.1, -0.05) is 23.7 Å². The number of nitrogens with zero attached hydrogens (tertiary/aromatic N) is 2. The molecule has 3 rings (SSSR count). The Morgan fingerprint density at radius 3 is 2.86 bits per heavy atom. The number of carbonyl (C=O) groups is 1. The van der Waals surface area contributed by atoms with E-state index in [4.69, 9.17) is 16.3 Å². The quantitative estimate of drug-likeness (QED) is 0.787. The second kappa shape index (κ2) is 6.97. The Morgan fingerprint density at radius 2 is 2.14 bits per heavy atom. The third-order valence-electron chi connectivity index (χ3n) is 4.10. The fraction of sp³-hybridized carbons (Fsp3) is 0.412. The lowest BCUT2D eigenvalue weighted by molar-refractivity contribution is -0.150. The lowest BCUT2D eigenvalue weighted by Gasteiger charge is -2.20. The number of aryl methyl sites for hydroxylation is 1. The van der Waals surface area contributed by atoms with Gasteiger partial charge in [-0.05, 0) is 49.4 Å². The highest BCUT2D eigenvalue weighted by atomic mass is 35.5. The molecule has 1 saturated carbocycles. The SMILES string of the molecule is O=C(CCc1ccc(Cl)cc1)O[C@@H]1CCC[C@H]1n1cccn1. The van der Waals surface area contributed by atoms with E-state index >= 15 is 0 Å². The van der Waals surface area contributed by atoms with Crippen LogP contribution in [0.2, 0.25) is 5.02 Å². The van der Waals surface area contributed by atoms with Gasteiger partial charge in [-0.15, -0.1) is 0 Å². The number of rotatable bonds is 5. The molecule has 1 aliphatic carbocycles. The van der Waals surface area contributed by atoms with Gasteiger partial charge in [-0.2, -0.15) is 5.10 Å². The maximum atomic E-state index is 12.1. The van der Waals surface area contributed by atoms with Crippen LogP contribution in [0.3, 0.4) is 0 Å². The number of halogens is 1. The predicted molar refractivity (Wildman–Crippen MR) is 84.8 cm³/mol. The predicted octanol–water partition coefficient (Wildman–Crippen LogP) is 3.81. The molecule has 0 saturated heterocycles. The third-order valence-corrected chi connectivity index (χ3v) is 4.35. The number of hydrogen-bond acceptors (Lipinski definition) is 3. The van der Waals surface area contributed by atoms with Crippen molar-refractivity contribution in [3.63, 3.8) is 0 Å². The molecule has 0 aliphatic heterocycles. The number of carbonyl (C=O) groups excluding carboxylic acids is 1. The van der Waals surface area contributed by atoms with Crippen molar-refractivity contribution >= 4 is 17.6 Å². The molecule has 0 unspecified atom stereocenters. The number of ether oxygens (including phenoxy) is 1. The minimum atomic E-state index is -0.140. The molecule has 0 bridgehead atoms. The third kappa shape index (κ3) is 3.69. The summed E-state index contributed by atoms with van der Waals surface area (Å²) < 4.78 is 7.57. The Labute approximate surface area is 135 Å². The molecule has 1 fully saturated rings. The van der Waals surface area contributed by atoms with Crippen LogP contribution in [0.4, 0.5) is 0 Å². The molecule has 0 spiro atoms. The zero-order valence-electron chi connectivity index (χ0n) is 12.3. The second-order valence-electron chi connectivity index (χ2n) is 5.64. The van der Waals surface area contributed by atoms with Crippen LogP contribution in [0, 0.1) is 0 Å². The Hall–Kier alpha value is -1.81. The summed E-state index contributed by atoms with van der Waals surface area (Å²) >= 11 is 5.85. The molecular formula is C17H19ClN2O2. The second-order valence-corrected chi connectivity index (χ2v) is 6.08. The molecule has 2 atom stereocenters. The van der Waals surface area contributed by atoms with Crippen molar-refractivity contribution in [2.24, 2.45) is 0 Å². The molecule has 4 nitrogen and oxygen atoms in total. The van der Waals surface area contributed by atoms with E-state index in [0.29, 0.717) is 17.9 Å². The largest absolute Gasteiger partial charge is 0.460 e. The molecule has 0 N–H and O–H groups in total. The van der Waals surface area contributed by atoms with E-state index in [9.17, 15) is 4.79 Å². The smallest absolute Gasteiger partial charge is 0.306 e. The Balaban J connectivity index is 1.52. The molecule has 1 aliphatic rings. The average molecular weight is 319 g/mol. The molecule has 2 aromatic rings. The van der Waals surface area contributed by atoms with E-state index in [0.717, 1.165) is 24.8 Å². The van der Waals surface area contributed by atoms with Gasteiger partial charge in [0.25, 0.3) is 0 Å². The van der Waals surface area contributed by atoms with Crippen LogP contribution < -0.4 is 0 Å². The van der Waals surface area contributed by atoms with Crippen LogP contribution in [0.5, 0.6) is 0 Å². The first-order valence-corrected chi connectivity index (χ1v) is 8.03. The lowest BCUT2D eigenvalue weighted by Crippen LogP contribution is -2.25. The summed E-state index contributed by atoms with van der Waals surface area (Å²) in [5.41, 5.74) is 1.09. The van der Waals surface area contributed by atoms with Crippen molar-refractivity contribution in [2.45, 2.75) is 44.2 Å². The van der Waals surface area contributed by atoms with Gasteiger partial charge in [0.2, 0.25) is 0 Å². The molecule has 5 heteroatoms. The number of hydrogen-bond donors (Lipinski definition) is 0. The first-order chi connectivity index (χ1) is 10.7. The van der Waals surface area contributed by atoms with Crippen LogP contribution in [0.25, 0.3) is 0 Å². The number of aromatic nitrogens is 2. The molecule has 116 valence electrons. The van der Waals surface area contributed by atoms with Gasteiger partial charge >= 0.3 is 5.97 Å². The van der Waals surface area contributed by atoms with Crippen LogP contribution >= 0.6 is 11.6 Å². The summed E-state index contributed by atoms with van der Waals surface area (Å²) in [5.74, 6) is -0.140. The molecule has 0 amide bonds. The van der Waals surface area contributed by atoms with E-state index in [-0.39, 0.29) is 18.1 Å². The Morgan fingerprint density at radius 1 is 1.32 bits per heavy atom. The van der Waals surface area contributed by atoms with Crippen LogP contribution in [0.15, 0.2) is 42.7 Å². The highest BCUT2D eigenvalue weighted by molar-refractivity contribution is 6.30. The highest BCUT2D eigenvalue weighted by Gasteiger charge is 2.31. The van der Waals surface area contributed by atoms with E-state index < -0.39 is 0 Å². The van der Waals surface area contributed by atoms with E-state index in [2.05, 4.69) is 5.10 Å². The maximum Gasteiger partial charge on any atom is 0.306 e. The summed E-state index contributed by atoms with van der Waals surface area (Å²) in [6.45, 7) is 0. The first kappa shape index (κ1) is 15.1. The van der Waals surface area contributed by atoms with Crippen LogP contribution in [-0.4, -0.2) is 21.9 Å². The van der Waals surface area contributed by atoms with E-state index in [1.54, 1.807) is 6.20 Å². The van der Waals surface area contributed by atoms with Crippen molar-refractivity contribution < 1.29 is 9.53 Å². The van der Waals surface area contributed by atoms with E-state index in [1.807, 2.05) is 41.2 Å². The number of benzene rings is 1. The lowest BCUT2D eigenvalue weighted by atomic mass is 10.1. The van der Waals surface area contributed by atoms with Gasteiger partial charge in [0, 0.05) is 23.8 Å². The minimum absolute atomic E-state index is 0.0578. The summed E-state index contributed by atoms with van der Waals surface area (Å²) in [5, 5.41) is 4.98. The van der Waals surface area contributed by atoms with Crippen molar-refractivity contribution in [3.8, 4) is 0 Å². The molecule has 1 aromatic heterocycles. The Bertz CT molecular complexity index is 610. The van der Waals surface area contributed by atoms with Crippen molar-refractivity contribution in [2.75, 3.05) is 0 Å². The fourth-order valence-electron chi connectivity index (χ4n) is 2.95. The van der Waals surface area contributed by atoms with Gasteiger partial charge in [0.1, 0.15) is 6.10 Å². The molecule has 1 heterocycles. The standard InChI is InChI=1S/C17H19ClN2O2/c18-14-8-5-13(6-9-14)7-10-17(21)22-16-4-1-3-15(16)20-12-2-11-19-20/h2,5-6,8-9,11-12,15-16H,1,3-4,7,10H2/t15-,16-/m1/s1. The average Bonchev–Trinajstić information content (AvgIpc) is 3.17. The molecular weight excluding hydrogens is 300 g/mol. The summed E-state index contributed by atoms with van der Waals surface area (Å²) in [6, 6.07) is 9.64. The number of esters is 1. The summed E-state index contributed by atoms with van der Waals surface area (Å²) in [7, 11) is 0. The van der Waals surface area contributed by atoms with Crippen molar-refractivity contribution in [3.05, 3.63) is 53.3 Å². The first-order valence-electron chi connectivity index (χ1n) is 7.65. The topological polar surface area (TPSA) is 44.1 Å². The van der Waals surface area contributed by atoms with Crippen LogP contribution in [0.1, 0.15) is 37.3 Å². The van der Waals surface area contributed by atoms with Crippen molar-refractivity contribution in [1.29, 1.82) is 0 Å². The van der Waals surface area contributed by atoms with Gasteiger partial charge < -0.3 is 4.74 Å². The normalized spacial score (nSPS) is 21.0. The zero-order chi connectivity index (χ0) is 15.4. The van der Waals surface area contributed by atoms with Gasteiger partial charge in [-0.25, -0.2) is 0 Å². The summed E-state index contributed by atoms with van der Waals surface area (Å²) in [4.78, 5) is 12.1. The van der Waals surface area contributed by atoms with Crippen molar-refractivity contribution in [1.82, 2.24) is 9.78 Å². The molecule has 0 radical (unpaired) electrons. The molecule has 1 aromatic carbocycles. The van der Waals surface area contributed by atoms with Gasteiger partial charge in [0.15, 0.2) is 0 Å². The fourth-order valence-corrected chi connectivity index (χ4v) is 3.07. The van der Waals surface area contributed by atoms with E-state index in [1.165, 1.54) is 0 Å². The zero-order valence-corrected chi connectivity index (χ0v) is 13.1. The summed E-state index contributed by atoms with van der Waals surface area (Å²) in [6.07, 6.45) is 7.70. The highest BCUT2D eigenvalue weighted by Crippen LogP contribution is 2.32. The monoisotopic (exact) mass is 318 g/mol.